The van der Waals surface area contributed by atoms with E-state index < -0.39 is 5.54 Å². The smallest absolute Gasteiger partial charge is 0.325 e. The number of methoxy groups -OCH3 is 2. The number of benzene rings is 2. The lowest BCUT2D eigenvalue weighted by atomic mass is 9.81. The van der Waals surface area contributed by atoms with Crippen molar-refractivity contribution >= 4 is 33.4 Å². The van der Waals surface area contributed by atoms with E-state index in [2.05, 4.69) is 32.1 Å². The molecular formula is C31H35N3O4S. The van der Waals surface area contributed by atoms with E-state index in [-0.39, 0.29) is 17.9 Å². The maximum atomic E-state index is 13.9. The first-order chi connectivity index (χ1) is 18.9. The number of carbonyl (C=O) groups excluding carboxylic acids is 2. The third kappa shape index (κ3) is 4.16. The normalized spacial score (nSPS) is 21.7. The van der Waals surface area contributed by atoms with Gasteiger partial charge in [0.1, 0.15) is 11.5 Å². The molecule has 3 aliphatic rings. The minimum Gasteiger partial charge on any atom is -0.497 e. The van der Waals surface area contributed by atoms with E-state index in [1.54, 1.807) is 25.6 Å². The van der Waals surface area contributed by atoms with Crippen LogP contribution in [0, 0.1) is 5.92 Å². The lowest BCUT2D eigenvalue weighted by Crippen LogP contribution is -2.54. The minimum absolute atomic E-state index is 0.0369. The van der Waals surface area contributed by atoms with E-state index in [1.165, 1.54) is 0 Å². The Morgan fingerprint density at radius 1 is 1.10 bits per heavy atom. The van der Waals surface area contributed by atoms with E-state index >= 15 is 0 Å². The first-order valence-electron chi connectivity index (χ1n) is 13.7. The first-order valence-corrected chi connectivity index (χ1v) is 14.5. The van der Waals surface area contributed by atoms with Crippen LogP contribution in [-0.4, -0.2) is 66.0 Å². The first kappa shape index (κ1) is 25.7. The quantitative estimate of drug-likeness (QED) is 0.408. The van der Waals surface area contributed by atoms with Crippen molar-refractivity contribution < 1.29 is 19.1 Å². The molecule has 1 aromatic heterocycles. The van der Waals surface area contributed by atoms with Gasteiger partial charge < -0.3 is 19.3 Å². The second kappa shape index (κ2) is 9.90. The largest absolute Gasteiger partial charge is 0.497 e. The standard InChI is InChI=1S/C31H35N3O4S/c1-5-34-30(36)33-19-22-16-23(37-3)18-25(38-4)24(22)14-20(2)15-28(33)31(34)10-12-32(13-11-31)29(35)27-17-21-8-6-7-9-26(21)39-27/h6-9,15-18,20H,5,10-14,19H2,1-4H3/b28-15-/t20-/m1/s1. The molecule has 2 fully saturated rings. The van der Waals surface area contributed by atoms with Crippen LogP contribution >= 0.6 is 11.3 Å². The van der Waals surface area contributed by atoms with Crippen LogP contribution in [0.25, 0.3) is 10.1 Å². The molecule has 3 aliphatic heterocycles. The van der Waals surface area contributed by atoms with Crippen LogP contribution in [0.5, 0.6) is 11.5 Å². The molecule has 0 aliphatic carbocycles. The van der Waals surface area contributed by atoms with Gasteiger partial charge in [-0.1, -0.05) is 31.2 Å². The Balaban J connectivity index is 1.31. The SMILES string of the molecule is CCN1C(=O)N2Cc3cc(OC)cc(OC)c3C[C@@H](C)/C=C\2C12CCN(C(=O)c1cc3ccccc3s1)CC2. The van der Waals surface area contributed by atoms with E-state index in [4.69, 9.17) is 9.47 Å². The highest BCUT2D eigenvalue weighted by Crippen LogP contribution is 2.47. The lowest BCUT2D eigenvalue weighted by Gasteiger charge is -2.44. The number of allylic oxidation sites excluding steroid dienone is 1. The fourth-order valence-electron chi connectivity index (χ4n) is 6.67. The van der Waals surface area contributed by atoms with Crippen molar-refractivity contribution in [2.45, 2.75) is 45.2 Å². The maximum absolute atomic E-state index is 13.9. The predicted octanol–water partition coefficient (Wildman–Crippen LogP) is 5.93. The highest BCUT2D eigenvalue weighted by atomic mass is 32.1. The number of fused-ring (bicyclic) bond motifs is 4. The van der Waals surface area contributed by atoms with Crippen molar-refractivity contribution in [2.75, 3.05) is 33.9 Å². The molecule has 0 unspecified atom stereocenters. The van der Waals surface area contributed by atoms with Gasteiger partial charge in [-0.2, -0.15) is 0 Å². The summed E-state index contributed by atoms with van der Waals surface area (Å²) in [6, 6.07) is 14.1. The van der Waals surface area contributed by atoms with Gasteiger partial charge >= 0.3 is 6.03 Å². The number of rotatable bonds is 4. The number of likely N-dealkylation sites (tertiary alicyclic amines) is 1. The summed E-state index contributed by atoms with van der Waals surface area (Å²) in [4.78, 5) is 34.2. The Bertz CT molecular complexity index is 1440. The summed E-state index contributed by atoms with van der Waals surface area (Å²) < 4.78 is 12.4. The molecule has 1 atom stereocenters. The summed E-state index contributed by atoms with van der Waals surface area (Å²) in [6.45, 7) is 6.60. The maximum Gasteiger partial charge on any atom is 0.325 e. The van der Waals surface area contributed by atoms with Gasteiger partial charge in [0.15, 0.2) is 0 Å². The summed E-state index contributed by atoms with van der Waals surface area (Å²) in [5, 5.41) is 1.11. The highest BCUT2D eigenvalue weighted by molar-refractivity contribution is 7.20. The fraction of sp³-hybridized carbons (Fsp3) is 0.419. The van der Waals surface area contributed by atoms with Crippen molar-refractivity contribution in [3.8, 4) is 11.5 Å². The van der Waals surface area contributed by atoms with Gasteiger partial charge in [-0.3, -0.25) is 9.69 Å². The molecule has 6 rings (SSSR count). The third-order valence-electron chi connectivity index (χ3n) is 8.60. The number of amides is 3. The van der Waals surface area contributed by atoms with E-state index in [0.29, 0.717) is 26.2 Å². The van der Waals surface area contributed by atoms with Crippen molar-refractivity contribution in [1.82, 2.24) is 14.7 Å². The Morgan fingerprint density at radius 2 is 1.87 bits per heavy atom. The van der Waals surface area contributed by atoms with Crippen molar-refractivity contribution in [2.24, 2.45) is 5.92 Å². The molecule has 1 spiro atoms. The van der Waals surface area contributed by atoms with E-state index in [1.807, 2.05) is 45.0 Å². The van der Waals surface area contributed by atoms with Crippen LogP contribution < -0.4 is 9.47 Å². The second-order valence-corrected chi connectivity index (χ2v) is 11.9. The molecule has 0 N–H and O–H groups in total. The number of urea groups is 1. The van der Waals surface area contributed by atoms with Crippen molar-refractivity contribution in [1.29, 1.82) is 0 Å². The minimum atomic E-state index is -0.405. The number of hydrogen-bond acceptors (Lipinski definition) is 5. The number of thiophene rings is 1. The van der Waals surface area contributed by atoms with E-state index in [0.717, 1.165) is 62.5 Å². The van der Waals surface area contributed by atoms with Crippen LogP contribution in [0.15, 0.2) is 54.2 Å². The van der Waals surface area contributed by atoms with Crippen LogP contribution in [-0.2, 0) is 13.0 Å². The average Bonchev–Trinajstić information content (AvgIpc) is 3.46. The van der Waals surface area contributed by atoms with Gasteiger partial charge in [-0.15, -0.1) is 11.3 Å². The van der Waals surface area contributed by atoms with Crippen LogP contribution in [0.3, 0.4) is 0 Å². The number of ether oxygens (including phenoxy) is 2. The summed E-state index contributed by atoms with van der Waals surface area (Å²) in [6.07, 6.45) is 4.58. The number of likely N-dealkylation sites (N-methyl/N-ethyl adjacent to an activating group) is 1. The van der Waals surface area contributed by atoms with Gasteiger partial charge in [-0.25, -0.2) is 4.79 Å². The second-order valence-electron chi connectivity index (χ2n) is 10.8. The van der Waals surface area contributed by atoms with Gasteiger partial charge in [0.2, 0.25) is 0 Å². The summed E-state index contributed by atoms with van der Waals surface area (Å²) in [7, 11) is 3.34. The fourth-order valence-corrected chi connectivity index (χ4v) is 7.71. The Labute approximate surface area is 233 Å². The molecule has 3 amide bonds. The zero-order valence-electron chi connectivity index (χ0n) is 23.0. The van der Waals surface area contributed by atoms with Crippen molar-refractivity contribution in [3.63, 3.8) is 0 Å². The third-order valence-corrected chi connectivity index (χ3v) is 9.71. The topological polar surface area (TPSA) is 62.3 Å². The highest BCUT2D eigenvalue weighted by Gasteiger charge is 2.54. The van der Waals surface area contributed by atoms with Gasteiger partial charge in [-0.05, 0) is 66.8 Å². The Kier molecular flexibility index (Phi) is 6.53. The van der Waals surface area contributed by atoms with Gasteiger partial charge in [0.25, 0.3) is 5.91 Å². The molecule has 0 saturated carbocycles. The summed E-state index contributed by atoms with van der Waals surface area (Å²) in [5.74, 6) is 1.83. The Hall–Kier alpha value is -3.52. The zero-order chi connectivity index (χ0) is 27.3. The summed E-state index contributed by atoms with van der Waals surface area (Å²) >= 11 is 1.56. The molecular weight excluding hydrogens is 510 g/mol. The molecule has 0 radical (unpaired) electrons. The average molecular weight is 546 g/mol. The monoisotopic (exact) mass is 545 g/mol. The van der Waals surface area contributed by atoms with E-state index in [9.17, 15) is 9.59 Å². The van der Waals surface area contributed by atoms with Crippen LogP contribution in [0.4, 0.5) is 4.79 Å². The van der Waals surface area contributed by atoms with Crippen molar-refractivity contribution in [3.05, 3.63) is 70.2 Å². The molecule has 39 heavy (non-hydrogen) atoms. The molecule has 3 aromatic rings. The van der Waals surface area contributed by atoms with Crippen LogP contribution in [0.1, 0.15) is 47.5 Å². The molecule has 2 saturated heterocycles. The number of nitrogens with zero attached hydrogens (tertiary/aromatic N) is 3. The number of piperidine rings is 1. The van der Waals surface area contributed by atoms with Crippen LogP contribution in [0.2, 0.25) is 0 Å². The zero-order valence-corrected chi connectivity index (χ0v) is 23.8. The summed E-state index contributed by atoms with van der Waals surface area (Å²) in [5.41, 5.74) is 2.87. The number of hydrogen-bond donors (Lipinski definition) is 0. The predicted molar refractivity (Wildman–Crippen MR) is 154 cm³/mol. The van der Waals surface area contributed by atoms with Gasteiger partial charge in [0, 0.05) is 36.1 Å². The number of carbonyl (C=O) groups is 2. The molecule has 7 nitrogen and oxygen atoms in total. The van der Waals surface area contributed by atoms with Gasteiger partial charge in [0.05, 0.1) is 31.2 Å². The molecule has 0 bridgehead atoms. The Morgan fingerprint density at radius 3 is 2.56 bits per heavy atom. The molecule has 8 heteroatoms. The molecule has 204 valence electrons. The molecule has 4 heterocycles. The molecule has 2 aromatic carbocycles. The lowest BCUT2D eigenvalue weighted by molar-refractivity contribution is 0.0579.